The van der Waals surface area contributed by atoms with E-state index in [0.29, 0.717) is 0 Å². The molecule has 0 spiro atoms. The van der Waals surface area contributed by atoms with Crippen LogP contribution in [-0.2, 0) is 18.4 Å². The highest BCUT2D eigenvalue weighted by atomic mass is 32.1. The summed E-state index contributed by atoms with van der Waals surface area (Å²) in [5.74, 6) is 0. The zero-order valence-corrected chi connectivity index (χ0v) is 14.8. The van der Waals surface area contributed by atoms with E-state index in [9.17, 15) is 0 Å². The summed E-state index contributed by atoms with van der Waals surface area (Å²) < 4.78 is 0. The van der Waals surface area contributed by atoms with Crippen molar-refractivity contribution in [3.8, 4) is 0 Å². The predicted molar refractivity (Wildman–Crippen MR) is 91.9 cm³/mol. The van der Waals surface area contributed by atoms with E-state index in [-0.39, 0.29) is 5.54 Å². The zero-order valence-electron chi connectivity index (χ0n) is 14.0. The van der Waals surface area contributed by atoms with Gasteiger partial charge in [-0.15, -0.1) is 11.3 Å². The van der Waals surface area contributed by atoms with Crippen LogP contribution in [0.2, 0.25) is 0 Å². The summed E-state index contributed by atoms with van der Waals surface area (Å²) in [7, 11) is 0. The van der Waals surface area contributed by atoms with Gasteiger partial charge in [0.25, 0.3) is 0 Å². The first-order valence-electron chi connectivity index (χ1n) is 8.51. The van der Waals surface area contributed by atoms with E-state index < -0.39 is 0 Å². The van der Waals surface area contributed by atoms with Crippen LogP contribution in [0, 0.1) is 0 Å². The number of likely N-dealkylation sites (tertiary alicyclic amines) is 1. The molecule has 1 saturated heterocycles. The Kier molecular flexibility index (Phi) is 6.20. The number of hydrogen-bond acceptors (Lipinski definition) is 4. The maximum Gasteiger partial charge on any atom is 0.0944 e. The molecular weight excluding hydrogens is 278 g/mol. The third-order valence-corrected chi connectivity index (χ3v) is 5.65. The average molecular weight is 310 g/mol. The van der Waals surface area contributed by atoms with Crippen molar-refractivity contribution < 1.29 is 0 Å². The van der Waals surface area contributed by atoms with Crippen molar-refractivity contribution in [3.63, 3.8) is 0 Å². The van der Waals surface area contributed by atoms with Crippen LogP contribution in [-0.4, -0.2) is 29.5 Å². The van der Waals surface area contributed by atoms with Crippen molar-refractivity contribution >= 4 is 11.3 Å². The van der Waals surface area contributed by atoms with Crippen molar-refractivity contribution in [2.24, 2.45) is 5.73 Å². The number of nitrogens with zero attached hydrogens (tertiary/aromatic N) is 2. The van der Waals surface area contributed by atoms with Gasteiger partial charge in [-0.3, -0.25) is 0 Å². The van der Waals surface area contributed by atoms with E-state index in [0.717, 1.165) is 25.8 Å². The summed E-state index contributed by atoms with van der Waals surface area (Å²) in [5.41, 5.74) is 7.30. The van der Waals surface area contributed by atoms with Gasteiger partial charge in [-0.25, -0.2) is 4.98 Å². The molecule has 0 aliphatic carbocycles. The molecule has 120 valence electrons. The Balaban J connectivity index is 1.99. The van der Waals surface area contributed by atoms with Crippen LogP contribution < -0.4 is 5.73 Å². The minimum Gasteiger partial charge on any atom is -0.321 e. The van der Waals surface area contributed by atoms with Gasteiger partial charge in [-0.2, -0.15) is 0 Å². The SMILES string of the molecule is CCCc1nc(CCN2CCCCCC2)sc1C(C)(C)N. The highest BCUT2D eigenvalue weighted by Crippen LogP contribution is 2.29. The monoisotopic (exact) mass is 309 g/mol. The molecule has 3 nitrogen and oxygen atoms in total. The first-order chi connectivity index (χ1) is 10.0. The van der Waals surface area contributed by atoms with Gasteiger partial charge < -0.3 is 10.6 Å². The highest BCUT2D eigenvalue weighted by molar-refractivity contribution is 7.11. The Morgan fingerprint density at radius 2 is 1.81 bits per heavy atom. The Morgan fingerprint density at radius 3 is 2.38 bits per heavy atom. The molecule has 2 rings (SSSR count). The molecule has 0 amide bonds. The zero-order chi connectivity index (χ0) is 15.3. The summed E-state index contributed by atoms with van der Waals surface area (Å²) >= 11 is 1.84. The Morgan fingerprint density at radius 1 is 1.14 bits per heavy atom. The van der Waals surface area contributed by atoms with Gasteiger partial charge in [0.05, 0.1) is 10.7 Å². The summed E-state index contributed by atoms with van der Waals surface area (Å²) in [5, 5.41) is 1.27. The molecule has 2 heterocycles. The second kappa shape index (κ2) is 7.70. The smallest absolute Gasteiger partial charge is 0.0944 e. The lowest BCUT2D eigenvalue weighted by atomic mass is 10.0. The van der Waals surface area contributed by atoms with E-state index in [2.05, 4.69) is 25.7 Å². The minimum absolute atomic E-state index is 0.261. The first kappa shape index (κ1) is 16.9. The molecule has 0 saturated carbocycles. The number of hydrogen-bond donors (Lipinski definition) is 1. The lowest BCUT2D eigenvalue weighted by Gasteiger charge is -2.18. The molecule has 0 radical (unpaired) electrons. The third-order valence-electron chi connectivity index (χ3n) is 4.15. The van der Waals surface area contributed by atoms with Crippen LogP contribution in [0.4, 0.5) is 0 Å². The van der Waals surface area contributed by atoms with Crippen LogP contribution in [0.15, 0.2) is 0 Å². The number of nitrogens with two attached hydrogens (primary N) is 1. The fourth-order valence-electron chi connectivity index (χ4n) is 3.03. The van der Waals surface area contributed by atoms with Crippen LogP contribution in [0.25, 0.3) is 0 Å². The average Bonchev–Trinajstić information content (AvgIpc) is 2.66. The summed E-state index contributed by atoms with van der Waals surface area (Å²) in [6.07, 6.45) is 8.80. The van der Waals surface area contributed by atoms with Crippen molar-refractivity contribution in [2.45, 2.75) is 71.3 Å². The molecule has 1 aliphatic heterocycles. The molecule has 21 heavy (non-hydrogen) atoms. The quantitative estimate of drug-likeness (QED) is 0.871. The fraction of sp³-hybridized carbons (Fsp3) is 0.824. The maximum atomic E-state index is 6.32. The molecule has 1 aromatic heterocycles. The van der Waals surface area contributed by atoms with Crippen molar-refractivity contribution in [3.05, 3.63) is 15.6 Å². The van der Waals surface area contributed by atoms with Crippen LogP contribution in [0.5, 0.6) is 0 Å². The maximum absolute atomic E-state index is 6.32. The molecule has 4 heteroatoms. The largest absolute Gasteiger partial charge is 0.321 e. The van der Waals surface area contributed by atoms with Gasteiger partial charge in [0.2, 0.25) is 0 Å². The van der Waals surface area contributed by atoms with Crippen molar-refractivity contribution in [1.82, 2.24) is 9.88 Å². The van der Waals surface area contributed by atoms with Gasteiger partial charge in [0.1, 0.15) is 0 Å². The number of rotatable bonds is 6. The van der Waals surface area contributed by atoms with E-state index in [1.54, 1.807) is 0 Å². The Labute approximate surface area is 133 Å². The van der Waals surface area contributed by atoms with Crippen LogP contribution in [0.3, 0.4) is 0 Å². The molecule has 1 aliphatic rings. The highest BCUT2D eigenvalue weighted by Gasteiger charge is 2.23. The first-order valence-corrected chi connectivity index (χ1v) is 9.32. The lowest BCUT2D eigenvalue weighted by molar-refractivity contribution is 0.288. The molecule has 1 aromatic rings. The van der Waals surface area contributed by atoms with Gasteiger partial charge in [-0.05, 0) is 46.2 Å². The Bertz CT molecular complexity index is 426. The van der Waals surface area contributed by atoms with Gasteiger partial charge >= 0.3 is 0 Å². The fourth-order valence-corrected chi connectivity index (χ4v) is 4.14. The van der Waals surface area contributed by atoms with E-state index in [1.807, 2.05) is 11.3 Å². The Hall–Kier alpha value is -0.450. The lowest BCUT2D eigenvalue weighted by Crippen LogP contribution is -2.28. The summed E-state index contributed by atoms with van der Waals surface area (Å²) in [6.45, 7) is 10.1. The van der Waals surface area contributed by atoms with Gasteiger partial charge in [0.15, 0.2) is 0 Å². The standard InChI is InChI=1S/C17H31N3S/c1-4-9-14-16(17(2,3)18)21-15(19-14)10-13-20-11-7-5-6-8-12-20/h4-13,18H2,1-3H3. The van der Waals surface area contributed by atoms with Crippen molar-refractivity contribution in [2.75, 3.05) is 19.6 Å². The second-order valence-corrected chi connectivity index (χ2v) is 7.94. The molecule has 0 aromatic carbocycles. The normalized spacial score (nSPS) is 17.9. The van der Waals surface area contributed by atoms with E-state index in [1.165, 1.54) is 54.4 Å². The van der Waals surface area contributed by atoms with Gasteiger partial charge in [0, 0.05) is 23.4 Å². The van der Waals surface area contributed by atoms with Crippen molar-refractivity contribution in [1.29, 1.82) is 0 Å². The number of aromatic nitrogens is 1. The summed E-state index contributed by atoms with van der Waals surface area (Å²) in [6, 6.07) is 0. The topological polar surface area (TPSA) is 42.2 Å². The van der Waals surface area contributed by atoms with Crippen LogP contribution >= 0.6 is 11.3 Å². The molecular formula is C17H31N3S. The third kappa shape index (κ3) is 5.04. The van der Waals surface area contributed by atoms with E-state index in [4.69, 9.17) is 10.7 Å². The number of thiazole rings is 1. The predicted octanol–water partition coefficient (Wildman–Crippen LogP) is 3.71. The minimum atomic E-state index is -0.261. The molecule has 0 bridgehead atoms. The molecule has 0 atom stereocenters. The van der Waals surface area contributed by atoms with Crippen LogP contribution in [0.1, 0.15) is 68.5 Å². The number of aryl methyl sites for hydroxylation is 1. The van der Waals surface area contributed by atoms with E-state index >= 15 is 0 Å². The summed E-state index contributed by atoms with van der Waals surface area (Å²) in [4.78, 5) is 8.79. The molecule has 2 N–H and O–H groups in total. The molecule has 1 fully saturated rings. The van der Waals surface area contributed by atoms with Gasteiger partial charge in [-0.1, -0.05) is 26.2 Å². The second-order valence-electron chi connectivity index (χ2n) is 6.86. The molecule has 0 unspecified atom stereocenters.